The van der Waals surface area contributed by atoms with E-state index in [1.54, 1.807) is 12.1 Å². The van der Waals surface area contributed by atoms with Crippen LogP contribution in [0, 0.1) is 0 Å². The molecule has 0 saturated carbocycles. The van der Waals surface area contributed by atoms with Crippen LogP contribution in [0.5, 0.6) is 11.5 Å². The summed E-state index contributed by atoms with van der Waals surface area (Å²) in [6, 6.07) is 10.5. The molecule has 17 heteroatoms. The third kappa shape index (κ3) is 16.7. The van der Waals surface area contributed by atoms with Crippen LogP contribution in [0.15, 0.2) is 42.5 Å². The average Bonchev–Trinajstić information content (AvgIpc) is 3.03. The predicted molar refractivity (Wildman–Crippen MR) is 178 cm³/mol. The van der Waals surface area contributed by atoms with Crippen molar-refractivity contribution in [3.63, 3.8) is 0 Å². The number of nitrogens with zero attached hydrogens (tertiary/aromatic N) is 2. The standard InChI is InChI=1S/C32H42ClN3O13/c33-11-5-1-2-6-12-46-13-14-47-22-28(37)34-23-9-10-27(25(17-23)36(20-31(42)43)21-32(44)45)49-16-15-48-26-8-4-3-7-24(26)35(18-29(38)39)19-30(40)41/h3-4,7-10,17H,1-2,5-6,11-16,18-22H2,(H,34,37)(H,38,39)(H,40,41)(H,42,43)(H,44,45). The number of para-hydroxylation sites is 2. The zero-order chi connectivity index (χ0) is 36.0. The van der Waals surface area contributed by atoms with Crippen LogP contribution < -0.4 is 24.6 Å². The Bertz CT molecular complexity index is 1350. The van der Waals surface area contributed by atoms with Gasteiger partial charge in [0.15, 0.2) is 0 Å². The number of carbonyl (C=O) groups excluding carboxylic acids is 1. The first-order valence-corrected chi connectivity index (χ1v) is 15.9. The highest BCUT2D eigenvalue weighted by molar-refractivity contribution is 6.17. The van der Waals surface area contributed by atoms with Gasteiger partial charge in [0, 0.05) is 18.2 Å². The van der Waals surface area contributed by atoms with Crippen LogP contribution in [-0.2, 0) is 33.4 Å². The van der Waals surface area contributed by atoms with E-state index in [9.17, 15) is 44.4 Å². The molecule has 2 rings (SSSR count). The molecule has 16 nitrogen and oxygen atoms in total. The number of aliphatic carboxylic acids is 4. The third-order valence-electron chi connectivity index (χ3n) is 6.47. The van der Waals surface area contributed by atoms with Crippen LogP contribution in [0.2, 0.25) is 0 Å². The number of unbranched alkanes of at least 4 members (excludes halogenated alkanes) is 3. The summed E-state index contributed by atoms with van der Waals surface area (Å²) in [6.45, 7) is -2.00. The molecule has 0 saturated heterocycles. The first-order chi connectivity index (χ1) is 23.5. The molecule has 0 aromatic heterocycles. The second-order valence-corrected chi connectivity index (χ2v) is 10.8. The summed E-state index contributed by atoms with van der Waals surface area (Å²) >= 11 is 5.65. The van der Waals surface area contributed by atoms with E-state index in [0.717, 1.165) is 35.5 Å². The van der Waals surface area contributed by atoms with Gasteiger partial charge in [0.1, 0.15) is 57.5 Å². The predicted octanol–water partition coefficient (Wildman–Crippen LogP) is 2.87. The first-order valence-electron chi connectivity index (χ1n) is 15.4. The monoisotopic (exact) mass is 711 g/mol. The lowest BCUT2D eigenvalue weighted by atomic mass is 10.2. The SMILES string of the molecule is O=C(O)CN(CC(=O)O)c1ccccc1OCCOc1ccc(NC(=O)COCCOCCCCCCCl)cc1N(CC(=O)O)CC(=O)O. The van der Waals surface area contributed by atoms with E-state index < -0.39 is 56.0 Å². The molecule has 0 bridgehead atoms. The van der Waals surface area contributed by atoms with E-state index in [1.807, 2.05) is 0 Å². The Balaban J connectivity index is 2.06. The number of carboxylic acid groups (broad SMARTS) is 4. The zero-order valence-electron chi connectivity index (χ0n) is 26.9. The normalized spacial score (nSPS) is 10.6. The van der Waals surface area contributed by atoms with Gasteiger partial charge < -0.3 is 54.5 Å². The van der Waals surface area contributed by atoms with Crippen LogP contribution >= 0.6 is 11.6 Å². The largest absolute Gasteiger partial charge is 0.488 e. The van der Waals surface area contributed by atoms with Gasteiger partial charge in [0.2, 0.25) is 5.91 Å². The highest BCUT2D eigenvalue weighted by Gasteiger charge is 2.21. The van der Waals surface area contributed by atoms with Crippen LogP contribution in [-0.4, -0.2) is 122 Å². The van der Waals surface area contributed by atoms with Crippen LogP contribution in [0.25, 0.3) is 0 Å². The maximum Gasteiger partial charge on any atom is 0.323 e. The maximum absolute atomic E-state index is 12.5. The van der Waals surface area contributed by atoms with Gasteiger partial charge >= 0.3 is 23.9 Å². The molecule has 0 unspecified atom stereocenters. The second-order valence-electron chi connectivity index (χ2n) is 10.5. The molecule has 5 N–H and O–H groups in total. The molecular formula is C32H42ClN3O13. The fourth-order valence-electron chi connectivity index (χ4n) is 4.45. The lowest BCUT2D eigenvalue weighted by Gasteiger charge is -2.25. The lowest BCUT2D eigenvalue weighted by molar-refractivity contribution is -0.138. The van der Waals surface area contributed by atoms with Crippen molar-refractivity contribution in [3.05, 3.63) is 42.5 Å². The number of carbonyl (C=O) groups is 5. The van der Waals surface area contributed by atoms with Gasteiger partial charge in [0.25, 0.3) is 0 Å². The minimum atomic E-state index is -1.31. The Kier molecular flexibility index (Phi) is 18.7. The Labute approximate surface area is 288 Å². The molecule has 0 radical (unpaired) electrons. The first kappa shape index (κ1) is 40.4. The summed E-state index contributed by atoms with van der Waals surface area (Å²) in [5.41, 5.74) is 0.525. The fourth-order valence-corrected chi connectivity index (χ4v) is 4.64. The number of hydrogen-bond acceptors (Lipinski definition) is 11. The smallest absolute Gasteiger partial charge is 0.323 e. The molecule has 0 aliphatic heterocycles. The quantitative estimate of drug-likeness (QED) is 0.0664. The number of ether oxygens (including phenoxy) is 4. The second kappa shape index (κ2) is 22.7. The minimum absolute atomic E-state index is 0.0671. The van der Waals surface area contributed by atoms with E-state index in [1.165, 1.54) is 30.3 Å². The van der Waals surface area contributed by atoms with Crippen LogP contribution in [0.1, 0.15) is 25.7 Å². The van der Waals surface area contributed by atoms with E-state index in [2.05, 4.69) is 5.32 Å². The molecule has 49 heavy (non-hydrogen) atoms. The van der Waals surface area contributed by atoms with Crippen molar-refractivity contribution in [2.45, 2.75) is 25.7 Å². The van der Waals surface area contributed by atoms with Crippen molar-refractivity contribution < 1.29 is 63.3 Å². The van der Waals surface area contributed by atoms with E-state index in [4.69, 9.17) is 30.5 Å². The highest BCUT2D eigenvalue weighted by Crippen LogP contribution is 2.32. The fraction of sp³-hybridized carbons (Fsp3) is 0.469. The third-order valence-corrected chi connectivity index (χ3v) is 6.74. The molecule has 2 aromatic rings. The number of hydrogen-bond donors (Lipinski definition) is 5. The molecule has 0 fully saturated rings. The van der Waals surface area contributed by atoms with Crippen LogP contribution in [0.4, 0.5) is 17.1 Å². The van der Waals surface area contributed by atoms with E-state index >= 15 is 0 Å². The number of amides is 1. The summed E-state index contributed by atoms with van der Waals surface area (Å²) in [7, 11) is 0. The van der Waals surface area contributed by atoms with Crippen molar-refractivity contribution >= 4 is 58.4 Å². The van der Waals surface area contributed by atoms with Crippen molar-refractivity contribution in [2.24, 2.45) is 0 Å². The van der Waals surface area contributed by atoms with Gasteiger partial charge in [-0.3, -0.25) is 24.0 Å². The Morgan fingerprint density at radius 1 is 0.612 bits per heavy atom. The van der Waals surface area contributed by atoms with Crippen molar-refractivity contribution in [2.75, 3.05) is 86.8 Å². The van der Waals surface area contributed by atoms with E-state index in [-0.39, 0.29) is 55.0 Å². The molecule has 0 spiro atoms. The number of alkyl halides is 1. The van der Waals surface area contributed by atoms with Gasteiger partial charge in [-0.15, -0.1) is 11.6 Å². The Morgan fingerprint density at radius 2 is 1.14 bits per heavy atom. The number of anilines is 3. The van der Waals surface area contributed by atoms with Crippen molar-refractivity contribution in [1.82, 2.24) is 0 Å². The van der Waals surface area contributed by atoms with Crippen molar-refractivity contribution in [1.29, 1.82) is 0 Å². The zero-order valence-corrected chi connectivity index (χ0v) is 27.6. The summed E-state index contributed by atoms with van der Waals surface area (Å²) < 4.78 is 22.4. The molecule has 0 heterocycles. The van der Waals surface area contributed by atoms with Gasteiger partial charge in [-0.2, -0.15) is 0 Å². The molecule has 0 atom stereocenters. The number of nitrogens with one attached hydrogen (secondary N) is 1. The molecule has 2 aromatic carbocycles. The number of benzene rings is 2. The van der Waals surface area contributed by atoms with E-state index in [0.29, 0.717) is 19.1 Å². The summed E-state index contributed by atoms with van der Waals surface area (Å²) in [4.78, 5) is 60.4. The Morgan fingerprint density at radius 3 is 1.73 bits per heavy atom. The minimum Gasteiger partial charge on any atom is -0.488 e. The molecule has 0 aliphatic rings. The van der Waals surface area contributed by atoms with Gasteiger partial charge in [0.05, 0.1) is 24.6 Å². The topological polar surface area (TPSA) is 222 Å². The highest BCUT2D eigenvalue weighted by atomic mass is 35.5. The molecule has 1 amide bonds. The number of halogens is 1. The summed E-state index contributed by atoms with van der Waals surface area (Å²) in [6.07, 6.45) is 3.93. The molecule has 0 aliphatic carbocycles. The van der Waals surface area contributed by atoms with Crippen LogP contribution in [0.3, 0.4) is 0 Å². The van der Waals surface area contributed by atoms with Gasteiger partial charge in [-0.25, -0.2) is 0 Å². The average molecular weight is 712 g/mol. The Hall–Kier alpha value is -4.80. The van der Waals surface area contributed by atoms with Gasteiger partial charge in [-0.1, -0.05) is 25.0 Å². The number of carboxylic acids is 4. The van der Waals surface area contributed by atoms with Gasteiger partial charge in [-0.05, 0) is 43.2 Å². The molecular weight excluding hydrogens is 670 g/mol. The number of rotatable bonds is 27. The summed E-state index contributed by atoms with van der Waals surface area (Å²) in [5, 5.41) is 39.9. The lowest BCUT2D eigenvalue weighted by Crippen LogP contribution is -2.35. The summed E-state index contributed by atoms with van der Waals surface area (Å²) in [5.74, 6) is -4.67. The van der Waals surface area contributed by atoms with Crippen molar-refractivity contribution in [3.8, 4) is 11.5 Å². The molecule has 270 valence electrons. The maximum atomic E-state index is 12.5.